The summed E-state index contributed by atoms with van der Waals surface area (Å²) in [6.45, 7) is 7.53. The van der Waals surface area contributed by atoms with Crippen molar-refractivity contribution in [2.75, 3.05) is 6.54 Å². The zero-order chi connectivity index (χ0) is 10.6. The Morgan fingerprint density at radius 3 is 2.57 bits per heavy atom. The molecule has 0 aromatic carbocycles. The van der Waals surface area contributed by atoms with Gasteiger partial charge in [-0.25, -0.2) is 0 Å². The molecule has 1 saturated carbocycles. The van der Waals surface area contributed by atoms with E-state index < -0.39 is 0 Å². The minimum atomic E-state index is -0.164. The Hall–Kier alpha value is -0.0800. The summed E-state index contributed by atoms with van der Waals surface area (Å²) in [6.07, 6.45) is 4.68. The van der Waals surface area contributed by atoms with E-state index in [4.69, 9.17) is 5.11 Å². The maximum atomic E-state index is 9.14. The summed E-state index contributed by atoms with van der Waals surface area (Å²) >= 11 is 0. The zero-order valence-corrected chi connectivity index (χ0v) is 9.79. The average Bonchev–Trinajstić information content (AvgIpc) is 2.10. The second kappa shape index (κ2) is 5.72. The van der Waals surface area contributed by atoms with Crippen LogP contribution in [0.2, 0.25) is 0 Å². The zero-order valence-electron chi connectivity index (χ0n) is 9.79. The first kappa shape index (κ1) is 12.0. The topological polar surface area (TPSA) is 32.3 Å². The third kappa shape index (κ3) is 3.97. The molecule has 2 N–H and O–H groups in total. The molecule has 0 aromatic heterocycles. The molecule has 1 aliphatic carbocycles. The van der Waals surface area contributed by atoms with Crippen molar-refractivity contribution in [1.29, 1.82) is 0 Å². The summed E-state index contributed by atoms with van der Waals surface area (Å²) in [6, 6.07) is 0.694. The molecule has 0 aliphatic heterocycles. The smallest absolute Gasteiger partial charge is 0.0524 e. The SMILES string of the molecule is C[C@@H]1CC[C@H](NCC[C@@H](C)O)C[C@@H]1C. The predicted molar refractivity (Wildman–Crippen MR) is 60.3 cm³/mol. The molecule has 1 rings (SSSR count). The molecule has 2 nitrogen and oxygen atoms in total. The lowest BCUT2D eigenvalue weighted by atomic mass is 9.79. The minimum Gasteiger partial charge on any atom is -0.393 e. The minimum absolute atomic E-state index is 0.164. The molecule has 1 fully saturated rings. The number of aliphatic hydroxyl groups is 1. The summed E-state index contributed by atoms with van der Waals surface area (Å²) in [4.78, 5) is 0. The van der Waals surface area contributed by atoms with Gasteiger partial charge in [-0.15, -0.1) is 0 Å². The lowest BCUT2D eigenvalue weighted by Crippen LogP contribution is -2.37. The number of hydrogen-bond donors (Lipinski definition) is 2. The number of rotatable bonds is 4. The van der Waals surface area contributed by atoms with Crippen LogP contribution in [0.25, 0.3) is 0 Å². The van der Waals surface area contributed by atoms with Crippen LogP contribution in [0.3, 0.4) is 0 Å². The van der Waals surface area contributed by atoms with E-state index in [1.54, 1.807) is 0 Å². The van der Waals surface area contributed by atoms with Crippen molar-refractivity contribution in [2.24, 2.45) is 11.8 Å². The van der Waals surface area contributed by atoms with Gasteiger partial charge in [0.05, 0.1) is 6.10 Å². The van der Waals surface area contributed by atoms with Gasteiger partial charge in [0.1, 0.15) is 0 Å². The van der Waals surface area contributed by atoms with Crippen LogP contribution in [0.4, 0.5) is 0 Å². The van der Waals surface area contributed by atoms with E-state index in [-0.39, 0.29) is 6.10 Å². The van der Waals surface area contributed by atoms with E-state index in [2.05, 4.69) is 19.2 Å². The fraction of sp³-hybridized carbons (Fsp3) is 1.00. The van der Waals surface area contributed by atoms with Gasteiger partial charge in [-0.3, -0.25) is 0 Å². The van der Waals surface area contributed by atoms with Crippen molar-refractivity contribution >= 4 is 0 Å². The van der Waals surface area contributed by atoms with Gasteiger partial charge >= 0.3 is 0 Å². The van der Waals surface area contributed by atoms with Gasteiger partial charge in [0.25, 0.3) is 0 Å². The monoisotopic (exact) mass is 199 g/mol. The Bertz CT molecular complexity index is 158. The van der Waals surface area contributed by atoms with Crippen molar-refractivity contribution in [1.82, 2.24) is 5.32 Å². The van der Waals surface area contributed by atoms with Crippen LogP contribution in [0.5, 0.6) is 0 Å². The molecule has 0 unspecified atom stereocenters. The lowest BCUT2D eigenvalue weighted by molar-refractivity contribution is 0.174. The van der Waals surface area contributed by atoms with Crippen LogP contribution < -0.4 is 5.32 Å². The van der Waals surface area contributed by atoms with E-state index in [1.807, 2.05) is 6.92 Å². The van der Waals surface area contributed by atoms with Gasteiger partial charge in [0, 0.05) is 6.04 Å². The highest BCUT2D eigenvalue weighted by Gasteiger charge is 2.23. The van der Waals surface area contributed by atoms with E-state index in [9.17, 15) is 0 Å². The molecule has 0 bridgehead atoms. The maximum Gasteiger partial charge on any atom is 0.0524 e. The second-order valence-corrected chi connectivity index (χ2v) is 5.06. The molecule has 4 atom stereocenters. The van der Waals surface area contributed by atoms with Gasteiger partial charge in [-0.1, -0.05) is 13.8 Å². The molecule has 0 saturated heterocycles. The molecule has 0 heterocycles. The van der Waals surface area contributed by atoms with Gasteiger partial charge in [-0.05, 0) is 51.0 Å². The van der Waals surface area contributed by atoms with Gasteiger partial charge < -0.3 is 10.4 Å². The largest absolute Gasteiger partial charge is 0.393 e. The van der Waals surface area contributed by atoms with Gasteiger partial charge in [-0.2, -0.15) is 0 Å². The van der Waals surface area contributed by atoms with Crippen LogP contribution in [0.15, 0.2) is 0 Å². The third-order valence-electron chi connectivity index (χ3n) is 3.59. The van der Waals surface area contributed by atoms with Crippen molar-refractivity contribution in [3.8, 4) is 0 Å². The highest BCUT2D eigenvalue weighted by atomic mass is 16.3. The first-order chi connectivity index (χ1) is 6.59. The Kier molecular flexibility index (Phi) is 4.90. The Morgan fingerprint density at radius 1 is 1.29 bits per heavy atom. The molecule has 0 aromatic rings. The molecule has 84 valence electrons. The fourth-order valence-corrected chi connectivity index (χ4v) is 2.23. The molecule has 2 heteroatoms. The maximum absolute atomic E-state index is 9.14. The second-order valence-electron chi connectivity index (χ2n) is 5.06. The quantitative estimate of drug-likeness (QED) is 0.727. The standard InChI is InChI=1S/C12H25NO/c1-9-4-5-12(8-10(9)2)13-7-6-11(3)14/h9-14H,4-8H2,1-3H3/t9-,10+,11-,12+/m1/s1. The molecule has 14 heavy (non-hydrogen) atoms. The Morgan fingerprint density at radius 2 is 2.00 bits per heavy atom. The van der Waals surface area contributed by atoms with E-state index in [1.165, 1.54) is 19.3 Å². The summed E-state index contributed by atoms with van der Waals surface area (Å²) in [5.74, 6) is 1.75. The predicted octanol–water partition coefficient (Wildman–Crippen LogP) is 2.17. The molecule has 0 radical (unpaired) electrons. The fourth-order valence-electron chi connectivity index (χ4n) is 2.23. The normalized spacial score (nSPS) is 35.6. The van der Waals surface area contributed by atoms with Crippen molar-refractivity contribution in [3.05, 3.63) is 0 Å². The summed E-state index contributed by atoms with van der Waals surface area (Å²) in [7, 11) is 0. The highest BCUT2D eigenvalue weighted by molar-refractivity contribution is 4.79. The summed E-state index contributed by atoms with van der Waals surface area (Å²) < 4.78 is 0. The van der Waals surface area contributed by atoms with Crippen LogP contribution in [-0.4, -0.2) is 23.8 Å². The number of aliphatic hydroxyl groups excluding tert-OH is 1. The van der Waals surface area contributed by atoms with Crippen LogP contribution in [0.1, 0.15) is 46.5 Å². The van der Waals surface area contributed by atoms with Gasteiger partial charge in [0.2, 0.25) is 0 Å². The lowest BCUT2D eigenvalue weighted by Gasteiger charge is -2.32. The molecule has 0 amide bonds. The van der Waals surface area contributed by atoms with E-state index in [0.717, 1.165) is 24.8 Å². The van der Waals surface area contributed by atoms with Crippen LogP contribution >= 0.6 is 0 Å². The van der Waals surface area contributed by atoms with Crippen LogP contribution in [-0.2, 0) is 0 Å². The molecule has 0 spiro atoms. The summed E-state index contributed by atoms with van der Waals surface area (Å²) in [5, 5.41) is 12.7. The van der Waals surface area contributed by atoms with E-state index in [0.29, 0.717) is 6.04 Å². The van der Waals surface area contributed by atoms with Crippen molar-refractivity contribution in [3.63, 3.8) is 0 Å². The van der Waals surface area contributed by atoms with Crippen molar-refractivity contribution < 1.29 is 5.11 Å². The molecular weight excluding hydrogens is 174 g/mol. The van der Waals surface area contributed by atoms with Gasteiger partial charge in [0.15, 0.2) is 0 Å². The highest BCUT2D eigenvalue weighted by Crippen LogP contribution is 2.29. The molecule has 1 aliphatic rings. The first-order valence-electron chi connectivity index (χ1n) is 6.01. The average molecular weight is 199 g/mol. The number of hydrogen-bond acceptors (Lipinski definition) is 2. The Balaban J connectivity index is 2.13. The van der Waals surface area contributed by atoms with E-state index >= 15 is 0 Å². The third-order valence-corrected chi connectivity index (χ3v) is 3.59. The molecular formula is C12H25NO. The Labute approximate surface area is 88.1 Å². The van der Waals surface area contributed by atoms with Crippen LogP contribution in [0, 0.1) is 11.8 Å². The van der Waals surface area contributed by atoms with Crippen molar-refractivity contribution in [2.45, 2.75) is 58.6 Å². The summed E-state index contributed by atoms with van der Waals surface area (Å²) in [5.41, 5.74) is 0. The first-order valence-corrected chi connectivity index (χ1v) is 6.01. The number of nitrogens with one attached hydrogen (secondary N) is 1.